The first kappa shape index (κ1) is 20.6. The van der Waals surface area contributed by atoms with Crippen LogP contribution in [0.15, 0.2) is 59.7 Å². The van der Waals surface area contributed by atoms with Gasteiger partial charge in [-0.15, -0.1) is 0 Å². The van der Waals surface area contributed by atoms with Crippen LogP contribution in [0.4, 0.5) is 11.4 Å². The highest BCUT2D eigenvalue weighted by Gasteiger charge is 2.32. The van der Waals surface area contributed by atoms with Crippen molar-refractivity contribution in [3.63, 3.8) is 0 Å². The van der Waals surface area contributed by atoms with E-state index in [9.17, 15) is 9.59 Å². The highest BCUT2D eigenvalue weighted by atomic mass is 16.2. The third-order valence-electron chi connectivity index (χ3n) is 5.54. The van der Waals surface area contributed by atoms with Gasteiger partial charge in [0.05, 0.1) is 11.9 Å². The van der Waals surface area contributed by atoms with Crippen molar-refractivity contribution in [2.45, 2.75) is 19.8 Å². The van der Waals surface area contributed by atoms with Crippen LogP contribution < -0.4 is 10.3 Å². The molecule has 0 atom stereocenters. The summed E-state index contributed by atoms with van der Waals surface area (Å²) in [4.78, 5) is 29.3. The normalized spacial score (nSPS) is 13.3. The fraction of sp³-hybridized carbons (Fsp3) is 0.240. The van der Waals surface area contributed by atoms with E-state index in [0.29, 0.717) is 23.1 Å². The molecule has 1 heterocycles. The number of imide groups is 1. The van der Waals surface area contributed by atoms with Crippen LogP contribution in [0.1, 0.15) is 46.0 Å². The van der Waals surface area contributed by atoms with Gasteiger partial charge in [0, 0.05) is 48.2 Å². The summed E-state index contributed by atoms with van der Waals surface area (Å²) in [5.41, 5.74) is 7.05. The van der Waals surface area contributed by atoms with E-state index in [0.717, 1.165) is 35.2 Å². The fourth-order valence-electron chi connectivity index (χ4n) is 3.80. The van der Waals surface area contributed by atoms with Gasteiger partial charge < -0.3 is 4.90 Å². The molecule has 2 amide bonds. The molecule has 158 valence electrons. The smallest absolute Gasteiger partial charge is 0.261 e. The molecule has 0 radical (unpaired) electrons. The molecule has 6 nitrogen and oxygen atoms in total. The number of carbonyl (C=O) groups excluding carboxylic acids is 2. The number of hydrazone groups is 1. The Balaban J connectivity index is 1.63. The Kier molecular flexibility index (Phi) is 5.71. The summed E-state index contributed by atoms with van der Waals surface area (Å²) in [6.45, 7) is 2.49. The summed E-state index contributed by atoms with van der Waals surface area (Å²) in [6, 6.07) is 17.2. The van der Waals surface area contributed by atoms with Crippen molar-refractivity contribution in [3.05, 3.63) is 71.3 Å². The maximum absolute atomic E-state index is 13.0. The number of benzene rings is 3. The van der Waals surface area contributed by atoms with Gasteiger partial charge in [0.25, 0.3) is 11.8 Å². The van der Waals surface area contributed by atoms with Gasteiger partial charge in [0.2, 0.25) is 0 Å². The van der Waals surface area contributed by atoms with Gasteiger partial charge in [-0.2, -0.15) is 5.10 Å². The number of hydrogen-bond donors (Lipinski definition) is 1. The number of rotatable bonds is 7. The summed E-state index contributed by atoms with van der Waals surface area (Å²) in [5.74, 6) is -0.448. The summed E-state index contributed by atoms with van der Waals surface area (Å²) in [6.07, 6.45) is 3.47. The van der Waals surface area contributed by atoms with Crippen LogP contribution in [0.5, 0.6) is 0 Å². The van der Waals surface area contributed by atoms with E-state index in [1.54, 1.807) is 18.3 Å². The molecule has 0 aromatic heterocycles. The molecule has 3 aromatic rings. The minimum atomic E-state index is -0.224. The van der Waals surface area contributed by atoms with Crippen LogP contribution in [0.3, 0.4) is 0 Å². The topological polar surface area (TPSA) is 65.0 Å². The molecule has 0 saturated carbocycles. The number of hydrogen-bond acceptors (Lipinski definition) is 5. The standard InChI is InChI=1S/C25H26N4O2/c1-4-5-15-29-24(30)20-8-6-7-19-22(14-13-21(23(19)20)25(29)31)27-26-16-17-9-11-18(12-10-17)28(2)3/h6-14,16,27H,4-5,15H2,1-3H3/b26-16+. The number of amides is 2. The van der Waals surface area contributed by atoms with Crippen LogP contribution in [-0.2, 0) is 0 Å². The second-order valence-corrected chi connectivity index (χ2v) is 7.86. The lowest BCUT2D eigenvalue weighted by molar-refractivity contribution is 0.0608. The molecule has 31 heavy (non-hydrogen) atoms. The third-order valence-corrected chi connectivity index (χ3v) is 5.54. The molecule has 0 spiro atoms. The van der Waals surface area contributed by atoms with Crippen molar-refractivity contribution in [1.29, 1.82) is 0 Å². The zero-order valence-corrected chi connectivity index (χ0v) is 18.1. The average molecular weight is 415 g/mol. The second kappa shape index (κ2) is 8.60. The van der Waals surface area contributed by atoms with Gasteiger partial charge in [-0.3, -0.25) is 19.9 Å². The zero-order chi connectivity index (χ0) is 22.0. The van der Waals surface area contributed by atoms with Crippen molar-refractivity contribution in [2.75, 3.05) is 31.0 Å². The van der Waals surface area contributed by atoms with Gasteiger partial charge >= 0.3 is 0 Å². The Morgan fingerprint density at radius 2 is 1.68 bits per heavy atom. The Morgan fingerprint density at radius 3 is 2.35 bits per heavy atom. The van der Waals surface area contributed by atoms with Crippen LogP contribution in [0.25, 0.3) is 10.8 Å². The molecule has 6 heteroatoms. The van der Waals surface area contributed by atoms with Gasteiger partial charge in [-0.1, -0.05) is 37.6 Å². The summed E-state index contributed by atoms with van der Waals surface area (Å²) < 4.78 is 0. The maximum Gasteiger partial charge on any atom is 0.261 e. The molecule has 0 aliphatic carbocycles. The number of carbonyl (C=O) groups is 2. The van der Waals surface area contributed by atoms with Gasteiger partial charge in [0.15, 0.2) is 0 Å². The van der Waals surface area contributed by atoms with E-state index in [2.05, 4.69) is 10.5 Å². The molecule has 1 N–H and O–H groups in total. The first-order valence-electron chi connectivity index (χ1n) is 10.5. The number of unbranched alkanes of at least 4 members (excludes halogenated alkanes) is 1. The molecular weight excluding hydrogens is 388 g/mol. The predicted octanol–water partition coefficient (Wildman–Crippen LogP) is 4.75. The van der Waals surface area contributed by atoms with Crippen LogP contribution in [0, 0.1) is 0 Å². The molecule has 0 bridgehead atoms. The maximum atomic E-state index is 13.0. The monoisotopic (exact) mass is 414 g/mol. The number of anilines is 2. The third kappa shape index (κ3) is 3.89. The van der Waals surface area contributed by atoms with Crippen molar-refractivity contribution in [2.24, 2.45) is 5.10 Å². The van der Waals surface area contributed by atoms with E-state index in [4.69, 9.17) is 0 Å². The largest absolute Gasteiger partial charge is 0.378 e. The van der Waals surface area contributed by atoms with Crippen molar-refractivity contribution < 1.29 is 9.59 Å². The Morgan fingerprint density at radius 1 is 0.968 bits per heavy atom. The lowest BCUT2D eigenvalue weighted by atomic mass is 9.93. The van der Waals surface area contributed by atoms with E-state index in [1.807, 2.05) is 68.4 Å². The molecule has 0 fully saturated rings. The van der Waals surface area contributed by atoms with E-state index >= 15 is 0 Å². The van der Waals surface area contributed by atoms with E-state index < -0.39 is 0 Å². The Hall–Kier alpha value is -3.67. The SMILES string of the molecule is CCCCN1C(=O)c2cccc3c(N/N=C/c4ccc(N(C)C)cc4)ccc(c23)C1=O. The lowest BCUT2D eigenvalue weighted by Crippen LogP contribution is -2.40. The Labute approximate surface area is 182 Å². The van der Waals surface area contributed by atoms with Crippen molar-refractivity contribution in [3.8, 4) is 0 Å². The zero-order valence-electron chi connectivity index (χ0n) is 18.1. The van der Waals surface area contributed by atoms with Crippen LogP contribution in [-0.4, -0.2) is 43.6 Å². The Bertz CT molecular complexity index is 1140. The van der Waals surface area contributed by atoms with Gasteiger partial charge in [-0.05, 0) is 42.3 Å². The molecular formula is C25H26N4O2. The van der Waals surface area contributed by atoms with Crippen molar-refractivity contribution in [1.82, 2.24) is 4.90 Å². The molecule has 0 unspecified atom stereocenters. The van der Waals surface area contributed by atoms with Crippen molar-refractivity contribution >= 4 is 40.2 Å². The van der Waals surface area contributed by atoms with E-state index in [-0.39, 0.29) is 11.8 Å². The quantitative estimate of drug-likeness (QED) is 0.344. The molecule has 3 aromatic carbocycles. The summed E-state index contributed by atoms with van der Waals surface area (Å²) in [5, 5.41) is 5.87. The summed E-state index contributed by atoms with van der Waals surface area (Å²) >= 11 is 0. The molecule has 1 aliphatic rings. The lowest BCUT2D eigenvalue weighted by Gasteiger charge is -2.27. The van der Waals surface area contributed by atoms with Crippen LogP contribution >= 0.6 is 0 Å². The second-order valence-electron chi connectivity index (χ2n) is 7.86. The predicted molar refractivity (Wildman–Crippen MR) is 126 cm³/mol. The number of nitrogens with one attached hydrogen (secondary N) is 1. The first-order valence-corrected chi connectivity index (χ1v) is 10.5. The van der Waals surface area contributed by atoms with E-state index in [1.165, 1.54) is 4.90 Å². The molecule has 0 saturated heterocycles. The van der Waals surface area contributed by atoms with Gasteiger partial charge in [-0.25, -0.2) is 0 Å². The highest BCUT2D eigenvalue weighted by Crippen LogP contribution is 2.34. The number of nitrogens with zero attached hydrogens (tertiary/aromatic N) is 3. The van der Waals surface area contributed by atoms with Gasteiger partial charge in [0.1, 0.15) is 0 Å². The fourth-order valence-corrected chi connectivity index (χ4v) is 3.80. The minimum Gasteiger partial charge on any atom is -0.378 e. The van der Waals surface area contributed by atoms with Crippen LogP contribution in [0.2, 0.25) is 0 Å². The summed E-state index contributed by atoms with van der Waals surface area (Å²) in [7, 11) is 4.00. The minimum absolute atomic E-state index is 0.224. The average Bonchev–Trinajstić information content (AvgIpc) is 2.78. The highest BCUT2D eigenvalue weighted by molar-refractivity contribution is 6.26. The first-order chi connectivity index (χ1) is 15.0. The molecule has 1 aliphatic heterocycles. The molecule has 4 rings (SSSR count).